The van der Waals surface area contributed by atoms with Gasteiger partial charge in [-0.05, 0) is 35.1 Å². The van der Waals surface area contributed by atoms with Gasteiger partial charge in [0, 0.05) is 35.5 Å². The van der Waals surface area contributed by atoms with E-state index in [1.165, 1.54) is 61.0 Å². The molecule has 2 aromatic carbocycles. The number of thioether (sulfide) groups is 2. The number of hydrogen-bond acceptors (Lipinski definition) is 15. The summed E-state index contributed by atoms with van der Waals surface area (Å²) in [5.74, 6) is -2.86. The molecule has 3 aliphatic heterocycles. The minimum absolute atomic E-state index is 0. The lowest BCUT2D eigenvalue weighted by Crippen LogP contribution is -2.55. The van der Waals surface area contributed by atoms with Crippen LogP contribution >= 0.6 is 35.9 Å². The average molecular weight is 950 g/mol. The summed E-state index contributed by atoms with van der Waals surface area (Å²) in [4.78, 5) is 49.0. The van der Waals surface area contributed by atoms with Crippen LogP contribution in [0.2, 0.25) is 0 Å². The molecule has 3 amide bonds. The van der Waals surface area contributed by atoms with Crippen LogP contribution in [-0.4, -0.2) is 136 Å². The van der Waals surface area contributed by atoms with Gasteiger partial charge in [-0.2, -0.15) is 0 Å². The highest BCUT2D eigenvalue weighted by atomic mass is 35.5. The molecule has 0 bridgehead atoms. The van der Waals surface area contributed by atoms with Crippen LogP contribution in [0, 0.1) is 22.5 Å². The van der Waals surface area contributed by atoms with E-state index in [1.54, 1.807) is 30.4 Å². The van der Waals surface area contributed by atoms with Crippen molar-refractivity contribution in [3.05, 3.63) is 72.3 Å². The molecule has 10 atom stereocenters. The standard InChI is InChI=1S/C21H29FN2O6S.C12H20O5.C9H9FN2OS.ClH/c1-21(2,3)9-8-13(25)16(26)17(27)18(30-4)20(29)23-12-10-31-14-7-5-6-11(22)15(14)24-19(12)28;1-12(2,3)6-5-7(13)9-8(14)10(16-4)11(15)17-9;10-5-2-1-3-7-8(5)12-9(13)6(11)4-14-7;/h5-9,12-13,16-18,25-27H,10H2,1-4H3,(H,23,29)(H,24,28);5-10,13-14H,1-4H3;1-3,6H,4,11H2,(H,12,13);1H/b9-8+;6-5+;;/t12-,13+,16-,17+,18+;7-,8-,9+,10-;6-;/m010./s1. The Kier molecular flexibility index (Phi) is 21.6. The zero-order valence-corrected chi connectivity index (χ0v) is 38.6. The number of aliphatic hydroxyl groups excluding tert-OH is 5. The second kappa shape index (κ2) is 24.6. The van der Waals surface area contributed by atoms with E-state index < -0.39 is 90.3 Å². The lowest BCUT2D eigenvalue weighted by atomic mass is 9.94. The van der Waals surface area contributed by atoms with Gasteiger partial charge in [-0.25, -0.2) is 13.6 Å². The number of methoxy groups -OCH3 is 2. The number of carbonyl (C=O) groups is 4. The van der Waals surface area contributed by atoms with Crippen molar-refractivity contribution in [2.75, 3.05) is 36.4 Å². The smallest absolute Gasteiger partial charge is 0.338 e. The van der Waals surface area contributed by atoms with Crippen molar-refractivity contribution in [2.45, 2.75) is 112 Å². The maximum atomic E-state index is 14.0. The van der Waals surface area contributed by atoms with Crippen molar-refractivity contribution in [3.63, 3.8) is 0 Å². The summed E-state index contributed by atoms with van der Waals surface area (Å²) < 4.78 is 42.0. The number of allylic oxidation sites excluding steroid dienone is 2. The van der Waals surface area contributed by atoms with Crippen molar-refractivity contribution in [2.24, 2.45) is 16.6 Å². The summed E-state index contributed by atoms with van der Waals surface area (Å²) >= 11 is 2.57. The number of para-hydroxylation sites is 2. The van der Waals surface area contributed by atoms with Crippen LogP contribution in [0.1, 0.15) is 41.5 Å². The van der Waals surface area contributed by atoms with Gasteiger partial charge in [0.15, 0.2) is 18.3 Å². The van der Waals surface area contributed by atoms with Crippen LogP contribution < -0.4 is 21.7 Å². The largest absolute Gasteiger partial charge is 0.454 e. The molecular formula is C42H59ClF2N4O12S2. The summed E-state index contributed by atoms with van der Waals surface area (Å²) in [6, 6.07) is 7.48. The molecule has 1 saturated heterocycles. The number of fused-ring (bicyclic) bond motifs is 2. The molecule has 0 radical (unpaired) electrons. The van der Waals surface area contributed by atoms with Gasteiger partial charge >= 0.3 is 5.97 Å². The molecule has 0 aliphatic carbocycles. The molecule has 1 fully saturated rings. The number of carbonyl (C=O) groups excluding carboxylic acids is 4. The van der Waals surface area contributed by atoms with Gasteiger partial charge in [0.05, 0.1) is 17.4 Å². The molecule has 5 rings (SSSR count). The molecular weight excluding hydrogens is 890 g/mol. The topological polar surface area (TPSA) is 259 Å². The second-order valence-electron chi connectivity index (χ2n) is 16.6. The quantitative estimate of drug-likeness (QED) is 0.123. The van der Waals surface area contributed by atoms with E-state index in [0.29, 0.717) is 10.6 Å². The Morgan fingerprint density at radius 2 is 1.37 bits per heavy atom. The average Bonchev–Trinajstić information content (AvgIpc) is 3.28. The Morgan fingerprint density at radius 3 is 1.86 bits per heavy atom. The highest BCUT2D eigenvalue weighted by Crippen LogP contribution is 2.34. The Balaban J connectivity index is 0.000000357. The van der Waals surface area contributed by atoms with Crippen LogP contribution in [0.3, 0.4) is 0 Å². The van der Waals surface area contributed by atoms with Crippen LogP contribution in [0.15, 0.2) is 70.5 Å². The van der Waals surface area contributed by atoms with Crippen molar-refractivity contribution in [1.29, 1.82) is 0 Å². The third kappa shape index (κ3) is 16.4. The zero-order chi connectivity index (χ0) is 46.7. The van der Waals surface area contributed by atoms with Crippen molar-refractivity contribution >= 4 is 71.0 Å². The van der Waals surface area contributed by atoms with Gasteiger partial charge in [-0.15, -0.1) is 35.9 Å². The molecule has 0 spiro atoms. The number of amides is 3. The monoisotopic (exact) mass is 948 g/mol. The first-order valence-corrected chi connectivity index (χ1v) is 21.4. The lowest BCUT2D eigenvalue weighted by Gasteiger charge is -2.28. The highest BCUT2D eigenvalue weighted by molar-refractivity contribution is 7.99. The summed E-state index contributed by atoms with van der Waals surface area (Å²) in [7, 11) is 2.47. The van der Waals surface area contributed by atoms with Crippen LogP contribution in [-0.2, 0) is 33.4 Å². The normalized spacial score (nSPS) is 23.6. The fourth-order valence-corrected chi connectivity index (χ4v) is 7.68. The third-order valence-corrected chi connectivity index (χ3v) is 11.4. The third-order valence-electron chi connectivity index (χ3n) is 9.07. The van der Waals surface area contributed by atoms with Crippen LogP contribution in [0.25, 0.3) is 0 Å². The SMILES string of the molecule is CO[C@@H](C(=O)N[C@H]1CSc2cccc(F)c2NC1=O)[C@H](O)[C@@H](O)[C@H](O)/C=C/C(C)(C)C.CO[C@H]1C(=O)O[C@@H]([C@H](O)/C=C/C(C)(C)C)[C@H]1O.Cl.N[C@H]1CSc2cccc(F)c2NC1=O. The Labute approximate surface area is 380 Å². The summed E-state index contributed by atoms with van der Waals surface area (Å²) in [5, 5.41) is 57.7. The number of ether oxygens (including phenoxy) is 3. The van der Waals surface area contributed by atoms with E-state index in [1.807, 2.05) is 41.5 Å². The number of aliphatic hydroxyl groups is 5. The van der Waals surface area contributed by atoms with Crippen LogP contribution in [0.5, 0.6) is 0 Å². The molecule has 3 aliphatic rings. The zero-order valence-electron chi connectivity index (χ0n) is 36.1. The number of benzene rings is 2. The van der Waals surface area contributed by atoms with E-state index in [9.17, 15) is 53.5 Å². The van der Waals surface area contributed by atoms with E-state index in [-0.39, 0.29) is 46.3 Å². The molecule has 3 heterocycles. The van der Waals surface area contributed by atoms with Gasteiger partial charge in [0.2, 0.25) is 11.8 Å². The molecule has 0 aromatic heterocycles. The maximum absolute atomic E-state index is 14.0. The van der Waals surface area contributed by atoms with Crippen molar-refractivity contribution in [1.82, 2.24) is 5.32 Å². The van der Waals surface area contributed by atoms with Gasteiger partial charge in [0.1, 0.15) is 48.2 Å². The lowest BCUT2D eigenvalue weighted by molar-refractivity contribution is -0.151. The van der Waals surface area contributed by atoms with Crippen LogP contribution in [0.4, 0.5) is 20.2 Å². The first kappa shape index (κ1) is 55.5. The number of halogens is 3. The minimum Gasteiger partial charge on any atom is -0.454 e. The molecule has 63 heavy (non-hydrogen) atoms. The number of anilines is 2. The molecule has 21 heteroatoms. The van der Waals surface area contributed by atoms with E-state index in [4.69, 9.17) is 19.9 Å². The molecule has 0 saturated carbocycles. The minimum atomic E-state index is -1.76. The maximum Gasteiger partial charge on any atom is 0.338 e. The van der Waals surface area contributed by atoms with E-state index >= 15 is 0 Å². The number of esters is 1. The first-order valence-electron chi connectivity index (χ1n) is 19.4. The molecule has 0 unspecified atom stereocenters. The van der Waals surface area contributed by atoms with E-state index in [0.717, 1.165) is 12.0 Å². The predicted molar refractivity (Wildman–Crippen MR) is 237 cm³/mol. The summed E-state index contributed by atoms with van der Waals surface area (Å²) in [6.07, 6.45) is -4.28. The predicted octanol–water partition coefficient (Wildman–Crippen LogP) is 2.92. The number of hydrogen-bond donors (Lipinski definition) is 9. The number of rotatable bonds is 10. The molecule has 2 aromatic rings. The fraction of sp³-hybridized carbons (Fsp3) is 0.524. The van der Waals surface area contributed by atoms with Gasteiger partial charge < -0.3 is 61.4 Å². The fourth-order valence-electron chi connectivity index (χ4n) is 5.65. The molecule has 352 valence electrons. The van der Waals surface area contributed by atoms with Gasteiger partial charge in [-0.1, -0.05) is 78.0 Å². The Morgan fingerprint density at radius 1 is 0.857 bits per heavy atom. The van der Waals surface area contributed by atoms with Crippen molar-refractivity contribution < 1.29 is 67.7 Å². The molecule has 10 N–H and O–H groups in total. The summed E-state index contributed by atoms with van der Waals surface area (Å²) in [6.45, 7) is 11.6. The second-order valence-corrected chi connectivity index (χ2v) is 18.7. The Hall–Kier alpha value is -3.67. The number of nitrogens with one attached hydrogen (secondary N) is 3. The van der Waals surface area contributed by atoms with Crippen molar-refractivity contribution in [3.8, 4) is 0 Å². The van der Waals surface area contributed by atoms with E-state index in [2.05, 4.69) is 16.0 Å². The number of cyclic esters (lactones) is 1. The van der Waals surface area contributed by atoms with Gasteiger partial charge in [-0.3, -0.25) is 14.4 Å². The molecule has 16 nitrogen and oxygen atoms in total. The Bertz CT molecular complexity index is 1940. The number of nitrogens with two attached hydrogens (primary N) is 1. The van der Waals surface area contributed by atoms with Gasteiger partial charge in [0.25, 0.3) is 5.91 Å². The highest BCUT2D eigenvalue weighted by Gasteiger charge is 2.47. The first-order chi connectivity index (χ1) is 28.9. The summed E-state index contributed by atoms with van der Waals surface area (Å²) in [5.41, 5.74) is 5.49.